The average molecular weight is 366 g/mol. The van der Waals surface area contributed by atoms with Crippen molar-refractivity contribution in [2.75, 3.05) is 5.75 Å². The molecule has 0 unspecified atom stereocenters. The fourth-order valence-corrected chi connectivity index (χ4v) is 3.82. The zero-order chi connectivity index (χ0) is 17.6. The van der Waals surface area contributed by atoms with E-state index in [0.717, 1.165) is 0 Å². The average Bonchev–Trinajstić information content (AvgIpc) is 2.59. The van der Waals surface area contributed by atoms with Gasteiger partial charge in [-0.25, -0.2) is 8.42 Å². The molecular weight excluding hydrogens is 346 g/mol. The summed E-state index contributed by atoms with van der Waals surface area (Å²) >= 11 is 5.81. The Morgan fingerprint density at radius 1 is 1.08 bits per heavy atom. The number of amides is 1. The summed E-state index contributed by atoms with van der Waals surface area (Å²) in [4.78, 5) is 12.5. The minimum Gasteiger partial charge on any atom is -0.349 e. The molecule has 1 N–H and O–H groups in total. The summed E-state index contributed by atoms with van der Waals surface area (Å²) in [6, 6.07) is 14.7. The summed E-state index contributed by atoms with van der Waals surface area (Å²) in [6.45, 7) is 1.92. The Morgan fingerprint density at radius 3 is 2.29 bits per heavy atom. The fraction of sp³-hybridized carbons (Fsp3) is 0.278. The summed E-state index contributed by atoms with van der Waals surface area (Å²) in [5.74, 6) is -0.230. The molecule has 0 radical (unpaired) electrons. The predicted molar refractivity (Wildman–Crippen MR) is 96.1 cm³/mol. The zero-order valence-electron chi connectivity index (χ0n) is 13.4. The molecule has 1 atom stereocenters. The third-order valence-electron chi connectivity index (χ3n) is 3.77. The number of carbonyl (C=O) groups excluding carboxylic acids is 1. The summed E-state index contributed by atoms with van der Waals surface area (Å²) in [5.41, 5.74) is 0.503. The van der Waals surface area contributed by atoms with Gasteiger partial charge >= 0.3 is 0 Å². The number of benzene rings is 2. The van der Waals surface area contributed by atoms with Gasteiger partial charge < -0.3 is 5.32 Å². The van der Waals surface area contributed by atoms with Crippen LogP contribution in [0.2, 0.25) is 5.02 Å². The van der Waals surface area contributed by atoms with Gasteiger partial charge in [0, 0.05) is 16.6 Å². The van der Waals surface area contributed by atoms with Crippen molar-refractivity contribution in [3.8, 4) is 0 Å². The van der Waals surface area contributed by atoms with Crippen LogP contribution in [0.25, 0.3) is 0 Å². The third kappa shape index (κ3) is 5.08. The lowest BCUT2D eigenvalue weighted by atomic mass is 10.1. The number of hydrogen-bond donors (Lipinski definition) is 1. The molecule has 0 spiro atoms. The number of hydrogen-bond acceptors (Lipinski definition) is 3. The van der Waals surface area contributed by atoms with Gasteiger partial charge in [0.2, 0.25) is 0 Å². The van der Waals surface area contributed by atoms with Crippen LogP contribution in [0.3, 0.4) is 0 Å². The maximum Gasteiger partial charge on any atom is 0.251 e. The standard InChI is InChI=1S/C18H20ClNO3S/c1-2-16(20-18(21)14-8-10-15(19)11-9-14)12-13-24(22,23)17-6-4-3-5-7-17/h3-11,16H,2,12-13H2,1H3,(H,20,21)/t16-/m1/s1. The topological polar surface area (TPSA) is 63.2 Å². The maximum absolute atomic E-state index is 12.3. The number of rotatable bonds is 7. The minimum absolute atomic E-state index is 0.00355. The molecular formula is C18H20ClNO3S. The van der Waals surface area contributed by atoms with E-state index >= 15 is 0 Å². The molecule has 2 aromatic carbocycles. The molecule has 24 heavy (non-hydrogen) atoms. The van der Waals surface area contributed by atoms with Gasteiger partial charge in [0.15, 0.2) is 9.84 Å². The van der Waals surface area contributed by atoms with Crippen LogP contribution < -0.4 is 5.32 Å². The largest absolute Gasteiger partial charge is 0.349 e. The summed E-state index contributed by atoms with van der Waals surface area (Å²) in [7, 11) is -3.34. The Morgan fingerprint density at radius 2 is 1.71 bits per heavy atom. The van der Waals surface area contributed by atoms with Crippen molar-refractivity contribution in [3.63, 3.8) is 0 Å². The molecule has 0 saturated heterocycles. The van der Waals surface area contributed by atoms with E-state index in [4.69, 9.17) is 11.6 Å². The lowest BCUT2D eigenvalue weighted by molar-refractivity contribution is 0.0935. The highest BCUT2D eigenvalue weighted by Crippen LogP contribution is 2.14. The molecule has 0 heterocycles. The molecule has 0 aliphatic carbocycles. The van der Waals surface area contributed by atoms with Gasteiger partial charge in [-0.2, -0.15) is 0 Å². The highest BCUT2D eigenvalue weighted by atomic mass is 35.5. The van der Waals surface area contributed by atoms with Gasteiger partial charge in [-0.1, -0.05) is 36.7 Å². The normalized spacial score (nSPS) is 12.6. The molecule has 4 nitrogen and oxygen atoms in total. The highest BCUT2D eigenvalue weighted by Gasteiger charge is 2.18. The first-order valence-corrected chi connectivity index (χ1v) is 9.79. The molecule has 0 saturated carbocycles. The van der Waals surface area contributed by atoms with Crippen LogP contribution >= 0.6 is 11.6 Å². The van der Waals surface area contributed by atoms with E-state index in [9.17, 15) is 13.2 Å². The number of nitrogens with one attached hydrogen (secondary N) is 1. The van der Waals surface area contributed by atoms with Gasteiger partial charge in [0.1, 0.15) is 0 Å². The third-order valence-corrected chi connectivity index (χ3v) is 5.79. The molecule has 0 aliphatic rings. The number of sulfone groups is 1. The monoisotopic (exact) mass is 365 g/mol. The predicted octanol–water partition coefficient (Wildman–Crippen LogP) is 3.71. The molecule has 1 amide bonds. The molecule has 2 rings (SSSR count). The summed E-state index contributed by atoms with van der Waals surface area (Å²) in [6.07, 6.45) is 1.02. The number of halogens is 1. The maximum atomic E-state index is 12.3. The molecule has 0 fully saturated rings. The van der Waals surface area contributed by atoms with Gasteiger partial charge in [0.05, 0.1) is 10.6 Å². The second kappa shape index (κ2) is 8.31. The SMILES string of the molecule is CC[C@H](CCS(=O)(=O)c1ccccc1)NC(=O)c1ccc(Cl)cc1. The van der Waals surface area contributed by atoms with Crippen molar-refractivity contribution in [3.05, 3.63) is 65.2 Å². The van der Waals surface area contributed by atoms with E-state index in [1.165, 1.54) is 0 Å². The van der Waals surface area contributed by atoms with Gasteiger partial charge in [-0.15, -0.1) is 0 Å². The Kier molecular flexibility index (Phi) is 6.40. The Balaban J connectivity index is 1.97. The van der Waals surface area contributed by atoms with Crippen LogP contribution in [0, 0.1) is 0 Å². The Labute approximate surface area is 147 Å². The molecule has 0 aromatic heterocycles. The molecule has 0 aliphatic heterocycles. The second-order valence-corrected chi connectivity index (χ2v) is 8.05. The summed E-state index contributed by atoms with van der Waals surface area (Å²) in [5, 5.41) is 3.44. The molecule has 128 valence electrons. The quantitative estimate of drug-likeness (QED) is 0.813. The van der Waals surface area contributed by atoms with Crippen molar-refractivity contribution < 1.29 is 13.2 Å². The van der Waals surface area contributed by atoms with Crippen molar-refractivity contribution in [1.29, 1.82) is 0 Å². The first-order valence-electron chi connectivity index (χ1n) is 7.76. The van der Waals surface area contributed by atoms with Crippen molar-refractivity contribution >= 4 is 27.3 Å². The fourth-order valence-electron chi connectivity index (χ4n) is 2.29. The Bertz CT molecular complexity index is 774. The lowest BCUT2D eigenvalue weighted by Gasteiger charge is -2.17. The first-order chi connectivity index (χ1) is 11.4. The number of carbonyl (C=O) groups is 1. The van der Waals surface area contributed by atoms with E-state index in [2.05, 4.69) is 5.32 Å². The summed E-state index contributed by atoms with van der Waals surface area (Å²) < 4.78 is 24.6. The van der Waals surface area contributed by atoms with Gasteiger partial charge in [-0.3, -0.25) is 4.79 Å². The minimum atomic E-state index is -3.34. The highest BCUT2D eigenvalue weighted by molar-refractivity contribution is 7.91. The molecule has 6 heteroatoms. The second-order valence-electron chi connectivity index (χ2n) is 5.51. The van der Waals surface area contributed by atoms with Crippen molar-refractivity contribution in [2.24, 2.45) is 0 Å². The lowest BCUT2D eigenvalue weighted by Crippen LogP contribution is -2.35. The van der Waals surface area contributed by atoms with Crippen LogP contribution in [0.1, 0.15) is 30.1 Å². The van der Waals surface area contributed by atoms with E-state index in [1.807, 2.05) is 6.92 Å². The van der Waals surface area contributed by atoms with Crippen LogP contribution in [-0.4, -0.2) is 26.1 Å². The zero-order valence-corrected chi connectivity index (χ0v) is 15.0. The first kappa shape index (κ1) is 18.5. The smallest absolute Gasteiger partial charge is 0.251 e. The van der Waals surface area contributed by atoms with Crippen LogP contribution in [0.4, 0.5) is 0 Å². The van der Waals surface area contributed by atoms with Gasteiger partial charge in [0.25, 0.3) is 5.91 Å². The van der Waals surface area contributed by atoms with Crippen LogP contribution in [-0.2, 0) is 9.84 Å². The van der Waals surface area contributed by atoms with Gasteiger partial charge in [-0.05, 0) is 49.2 Å². The van der Waals surface area contributed by atoms with Crippen molar-refractivity contribution in [2.45, 2.75) is 30.7 Å². The van der Waals surface area contributed by atoms with E-state index < -0.39 is 9.84 Å². The molecule has 0 bridgehead atoms. The van der Waals surface area contributed by atoms with Crippen LogP contribution in [0.5, 0.6) is 0 Å². The van der Waals surface area contributed by atoms with E-state index in [0.29, 0.717) is 28.3 Å². The molecule has 2 aromatic rings. The van der Waals surface area contributed by atoms with Crippen LogP contribution in [0.15, 0.2) is 59.5 Å². The Hall–Kier alpha value is -1.85. The van der Waals surface area contributed by atoms with E-state index in [1.54, 1.807) is 54.6 Å². The van der Waals surface area contributed by atoms with Crippen molar-refractivity contribution in [1.82, 2.24) is 5.32 Å². The van der Waals surface area contributed by atoms with E-state index in [-0.39, 0.29) is 17.7 Å².